The maximum atomic E-state index is 11.1. The first kappa shape index (κ1) is 13.7. The third-order valence-corrected chi connectivity index (χ3v) is 3.96. The van der Waals surface area contributed by atoms with Crippen molar-refractivity contribution in [1.82, 2.24) is 9.78 Å². The van der Waals surface area contributed by atoms with E-state index in [1.54, 1.807) is 10.7 Å². The summed E-state index contributed by atoms with van der Waals surface area (Å²) in [5, 5.41) is 16.5. The maximum Gasteiger partial charge on any atom is 0.356 e. The predicted octanol–water partition coefficient (Wildman–Crippen LogP) is 3.11. The lowest BCUT2D eigenvalue weighted by Crippen LogP contribution is -2.24. The van der Waals surface area contributed by atoms with E-state index in [9.17, 15) is 4.79 Å². The van der Waals surface area contributed by atoms with E-state index >= 15 is 0 Å². The number of carbonyl (C=O) groups is 1. The Bertz CT molecular complexity index is 659. The Kier molecular flexibility index (Phi) is 3.41. The Hall–Kier alpha value is -2.30. The highest BCUT2D eigenvalue weighted by molar-refractivity contribution is 5.86. The number of rotatable bonds is 3. The average Bonchev–Trinajstić information content (AvgIpc) is 2.91. The molecular formula is C16H19N3O2. The van der Waals surface area contributed by atoms with Crippen LogP contribution in [-0.4, -0.2) is 27.4 Å². The topological polar surface area (TPSA) is 67.2 Å². The van der Waals surface area contributed by atoms with E-state index in [4.69, 9.17) is 5.11 Å². The molecule has 1 aliphatic rings. The minimum Gasteiger partial charge on any atom is -0.476 e. The predicted molar refractivity (Wildman–Crippen MR) is 81.0 cm³/mol. The van der Waals surface area contributed by atoms with Crippen LogP contribution >= 0.6 is 0 Å². The van der Waals surface area contributed by atoms with E-state index in [0.29, 0.717) is 5.92 Å². The first-order valence-corrected chi connectivity index (χ1v) is 7.23. The summed E-state index contributed by atoms with van der Waals surface area (Å²) in [4.78, 5) is 11.1. The summed E-state index contributed by atoms with van der Waals surface area (Å²) in [5.74, 6) is 0.287. The molecule has 2 aromatic rings. The number of nitrogens with one attached hydrogen (secondary N) is 1. The Morgan fingerprint density at radius 1 is 1.38 bits per heavy atom. The van der Waals surface area contributed by atoms with Gasteiger partial charge in [0.15, 0.2) is 5.69 Å². The standard InChI is InChI=1S/C16H19N3O2/c1-10(2)11-3-5-12(6-4-11)14-7-8-17-15-9-13(16(20)21)18-19(14)15/h3-6,9-10,14,17H,7-8H2,1-2H3,(H,20,21). The van der Waals surface area contributed by atoms with E-state index in [0.717, 1.165) is 18.8 Å². The summed E-state index contributed by atoms with van der Waals surface area (Å²) >= 11 is 0. The van der Waals surface area contributed by atoms with Crippen molar-refractivity contribution in [3.63, 3.8) is 0 Å². The Balaban J connectivity index is 1.95. The van der Waals surface area contributed by atoms with Crippen LogP contribution in [0, 0.1) is 0 Å². The fourth-order valence-corrected chi connectivity index (χ4v) is 2.74. The fraction of sp³-hybridized carbons (Fsp3) is 0.375. The van der Waals surface area contributed by atoms with Crippen LogP contribution in [0.2, 0.25) is 0 Å². The van der Waals surface area contributed by atoms with Gasteiger partial charge in [-0.15, -0.1) is 0 Å². The smallest absolute Gasteiger partial charge is 0.356 e. The van der Waals surface area contributed by atoms with Crippen LogP contribution in [0.4, 0.5) is 5.82 Å². The number of carboxylic acid groups (broad SMARTS) is 1. The lowest BCUT2D eigenvalue weighted by molar-refractivity contribution is 0.0689. The summed E-state index contributed by atoms with van der Waals surface area (Å²) < 4.78 is 1.79. The molecule has 21 heavy (non-hydrogen) atoms. The minimum absolute atomic E-state index is 0.0863. The summed E-state index contributed by atoms with van der Waals surface area (Å²) in [6, 6.07) is 10.2. The second-order valence-electron chi connectivity index (χ2n) is 5.72. The maximum absolute atomic E-state index is 11.1. The van der Waals surface area contributed by atoms with E-state index in [2.05, 4.69) is 48.5 Å². The highest BCUT2D eigenvalue weighted by Gasteiger charge is 2.24. The van der Waals surface area contributed by atoms with Crippen LogP contribution in [0.25, 0.3) is 0 Å². The van der Waals surface area contributed by atoms with Crippen molar-refractivity contribution in [2.45, 2.75) is 32.2 Å². The van der Waals surface area contributed by atoms with E-state index in [-0.39, 0.29) is 11.7 Å². The second kappa shape index (κ2) is 5.24. The van der Waals surface area contributed by atoms with Gasteiger partial charge >= 0.3 is 5.97 Å². The van der Waals surface area contributed by atoms with Crippen LogP contribution in [0.3, 0.4) is 0 Å². The van der Waals surface area contributed by atoms with Gasteiger partial charge in [-0.05, 0) is 23.5 Å². The van der Waals surface area contributed by atoms with Gasteiger partial charge in [-0.2, -0.15) is 5.10 Å². The van der Waals surface area contributed by atoms with E-state index in [1.165, 1.54) is 11.1 Å². The van der Waals surface area contributed by atoms with Gasteiger partial charge in [0, 0.05) is 12.6 Å². The average molecular weight is 285 g/mol. The largest absolute Gasteiger partial charge is 0.476 e. The molecule has 1 aliphatic heterocycles. The van der Waals surface area contributed by atoms with Gasteiger partial charge < -0.3 is 10.4 Å². The molecule has 5 heteroatoms. The van der Waals surface area contributed by atoms with Crippen molar-refractivity contribution < 1.29 is 9.90 Å². The molecule has 5 nitrogen and oxygen atoms in total. The number of hydrogen-bond donors (Lipinski definition) is 2. The molecule has 3 rings (SSSR count). The summed E-state index contributed by atoms with van der Waals surface area (Å²) in [5.41, 5.74) is 2.56. The summed E-state index contributed by atoms with van der Waals surface area (Å²) in [6.45, 7) is 5.16. The van der Waals surface area contributed by atoms with Gasteiger partial charge in [-0.3, -0.25) is 0 Å². The van der Waals surface area contributed by atoms with Crippen molar-refractivity contribution in [3.05, 3.63) is 47.2 Å². The Labute approximate surface area is 123 Å². The highest BCUT2D eigenvalue weighted by atomic mass is 16.4. The Morgan fingerprint density at radius 3 is 2.71 bits per heavy atom. The zero-order valence-electron chi connectivity index (χ0n) is 12.2. The number of hydrogen-bond acceptors (Lipinski definition) is 3. The van der Waals surface area contributed by atoms with Gasteiger partial charge in [-0.25, -0.2) is 9.48 Å². The number of aromatic carboxylic acids is 1. The van der Waals surface area contributed by atoms with Crippen LogP contribution in [0.5, 0.6) is 0 Å². The molecule has 2 N–H and O–H groups in total. The molecule has 0 bridgehead atoms. The van der Waals surface area contributed by atoms with Crippen LogP contribution in [-0.2, 0) is 0 Å². The summed E-state index contributed by atoms with van der Waals surface area (Å²) in [7, 11) is 0. The van der Waals surface area contributed by atoms with E-state index in [1.807, 2.05) is 0 Å². The lowest BCUT2D eigenvalue weighted by Gasteiger charge is -2.26. The molecule has 0 saturated carbocycles. The zero-order chi connectivity index (χ0) is 15.0. The fourth-order valence-electron chi connectivity index (χ4n) is 2.74. The van der Waals surface area contributed by atoms with Crippen molar-refractivity contribution in [2.75, 3.05) is 11.9 Å². The number of carboxylic acids is 1. The molecule has 1 atom stereocenters. The monoisotopic (exact) mass is 285 g/mol. The zero-order valence-corrected chi connectivity index (χ0v) is 12.2. The third-order valence-electron chi connectivity index (χ3n) is 3.96. The van der Waals surface area contributed by atoms with Gasteiger partial charge in [0.05, 0.1) is 6.04 Å². The molecule has 0 aliphatic carbocycles. The van der Waals surface area contributed by atoms with Gasteiger partial charge in [0.1, 0.15) is 5.82 Å². The first-order chi connectivity index (χ1) is 10.1. The van der Waals surface area contributed by atoms with Crippen LogP contribution in [0.1, 0.15) is 53.8 Å². The summed E-state index contributed by atoms with van der Waals surface area (Å²) in [6.07, 6.45) is 0.898. The third kappa shape index (κ3) is 2.51. The number of fused-ring (bicyclic) bond motifs is 1. The minimum atomic E-state index is -0.993. The van der Waals surface area contributed by atoms with Gasteiger partial charge in [-0.1, -0.05) is 38.1 Å². The number of nitrogens with zero attached hydrogens (tertiary/aromatic N) is 2. The van der Waals surface area contributed by atoms with Crippen LogP contribution < -0.4 is 5.32 Å². The number of aromatic nitrogens is 2. The molecule has 110 valence electrons. The Morgan fingerprint density at radius 2 is 2.10 bits per heavy atom. The molecule has 1 aromatic heterocycles. The van der Waals surface area contributed by atoms with Crippen molar-refractivity contribution in [1.29, 1.82) is 0 Å². The SMILES string of the molecule is CC(C)c1ccc(C2CCNc3cc(C(=O)O)nn32)cc1. The quantitative estimate of drug-likeness (QED) is 0.909. The van der Waals surface area contributed by atoms with Crippen molar-refractivity contribution >= 4 is 11.8 Å². The van der Waals surface area contributed by atoms with Crippen molar-refractivity contribution in [2.24, 2.45) is 0 Å². The lowest BCUT2D eigenvalue weighted by atomic mass is 9.97. The normalized spacial score (nSPS) is 17.4. The molecule has 0 spiro atoms. The van der Waals surface area contributed by atoms with E-state index < -0.39 is 5.97 Å². The molecule has 1 aromatic carbocycles. The molecule has 2 heterocycles. The highest BCUT2D eigenvalue weighted by Crippen LogP contribution is 2.30. The molecule has 0 amide bonds. The molecule has 0 fully saturated rings. The van der Waals surface area contributed by atoms with Gasteiger partial charge in [0.25, 0.3) is 0 Å². The second-order valence-corrected chi connectivity index (χ2v) is 5.72. The molecule has 0 saturated heterocycles. The van der Waals surface area contributed by atoms with Crippen LogP contribution in [0.15, 0.2) is 30.3 Å². The first-order valence-electron chi connectivity index (χ1n) is 7.23. The molecule has 0 radical (unpaired) electrons. The molecular weight excluding hydrogens is 266 g/mol. The molecule has 1 unspecified atom stereocenters. The van der Waals surface area contributed by atoms with Gasteiger partial charge in [0.2, 0.25) is 0 Å². The number of anilines is 1. The number of benzene rings is 1. The van der Waals surface area contributed by atoms with Crippen molar-refractivity contribution in [3.8, 4) is 0 Å².